The summed E-state index contributed by atoms with van der Waals surface area (Å²) in [5.41, 5.74) is 1.53. The SMILES string of the molecule is COc1ccc(NC(=O)[C@H](NS(=O)(=O)c2ccc(C)cc2)C(C)C)cc1. The number of benzene rings is 2. The van der Waals surface area contributed by atoms with E-state index >= 15 is 0 Å². The first-order valence-corrected chi connectivity index (χ1v) is 9.75. The predicted molar refractivity (Wildman–Crippen MR) is 102 cm³/mol. The topological polar surface area (TPSA) is 84.5 Å². The maximum absolute atomic E-state index is 12.6. The molecule has 0 radical (unpaired) electrons. The summed E-state index contributed by atoms with van der Waals surface area (Å²) in [6, 6.07) is 12.4. The summed E-state index contributed by atoms with van der Waals surface area (Å²) in [6.45, 7) is 5.45. The van der Waals surface area contributed by atoms with Crippen LogP contribution in [0.25, 0.3) is 0 Å². The van der Waals surface area contributed by atoms with Crippen LogP contribution in [0.3, 0.4) is 0 Å². The lowest BCUT2D eigenvalue weighted by atomic mass is 10.0. The molecule has 0 unspecified atom stereocenters. The van der Waals surface area contributed by atoms with Crippen molar-refractivity contribution in [2.45, 2.75) is 31.7 Å². The van der Waals surface area contributed by atoms with E-state index in [1.165, 1.54) is 12.1 Å². The van der Waals surface area contributed by atoms with Crippen molar-refractivity contribution >= 4 is 21.6 Å². The van der Waals surface area contributed by atoms with Gasteiger partial charge in [-0.3, -0.25) is 4.79 Å². The van der Waals surface area contributed by atoms with Gasteiger partial charge in [-0.2, -0.15) is 4.72 Å². The van der Waals surface area contributed by atoms with Crippen LogP contribution >= 0.6 is 0 Å². The molecule has 26 heavy (non-hydrogen) atoms. The van der Waals surface area contributed by atoms with E-state index in [1.807, 2.05) is 6.92 Å². The maximum atomic E-state index is 12.6. The molecule has 0 bridgehead atoms. The Hall–Kier alpha value is -2.38. The number of hydrogen-bond donors (Lipinski definition) is 2. The molecule has 7 heteroatoms. The molecule has 0 spiro atoms. The molecule has 140 valence electrons. The number of anilines is 1. The van der Waals surface area contributed by atoms with Gasteiger partial charge in [-0.1, -0.05) is 31.5 Å². The molecule has 1 amide bonds. The van der Waals surface area contributed by atoms with Crippen LogP contribution in [0.5, 0.6) is 5.75 Å². The van der Waals surface area contributed by atoms with Gasteiger partial charge in [0.2, 0.25) is 15.9 Å². The second-order valence-electron chi connectivity index (χ2n) is 6.37. The lowest BCUT2D eigenvalue weighted by Gasteiger charge is -2.21. The molecule has 0 heterocycles. The van der Waals surface area contributed by atoms with E-state index in [9.17, 15) is 13.2 Å². The molecule has 0 aromatic heterocycles. The molecule has 2 aromatic rings. The van der Waals surface area contributed by atoms with Crippen LogP contribution in [0.15, 0.2) is 53.4 Å². The van der Waals surface area contributed by atoms with Crippen LogP contribution in [0.2, 0.25) is 0 Å². The minimum absolute atomic E-state index is 0.131. The average Bonchev–Trinajstić information content (AvgIpc) is 2.60. The van der Waals surface area contributed by atoms with Crippen molar-refractivity contribution < 1.29 is 17.9 Å². The molecular weight excluding hydrogens is 352 g/mol. The van der Waals surface area contributed by atoms with Gasteiger partial charge in [0.25, 0.3) is 0 Å². The van der Waals surface area contributed by atoms with Crippen molar-refractivity contribution in [1.29, 1.82) is 0 Å². The Labute approximate surface area is 154 Å². The van der Waals surface area contributed by atoms with Crippen LogP contribution in [-0.2, 0) is 14.8 Å². The normalized spacial score (nSPS) is 12.7. The first-order chi connectivity index (χ1) is 12.2. The number of sulfonamides is 1. The van der Waals surface area contributed by atoms with Gasteiger partial charge in [0.05, 0.1) is 12.0 Å². The molecule has 2 rings (SSSR count). The van der Waals surface area contributed by atoms with Gasteiger partial charge in [-0.15, -0.1) is 0 Å². The fourth-order valence-corrected chi connectivity index (χ4v) is 3.68. The summed E-state index contributed by atoms with van der Waals surface area (Å²) >= 11 is 0. The van der Waals surface area contributed by atoms with Crippen LogP contribution in [0.4, 0.5) is 5.69 Å². The van der Waals surface area contributed by atoms with Gasteiger partial charge in [0, 0.05) is 5.69 Å². The molecule has 0 fully saturated rings. The Balaban J connectivity index is 2.16. The van der Waals surface area contributed by atoms with Gasteiger partial charge >= 0.3 is 0 Å². The molecule has 6 nitrogen and oxygen atoms in total. The molecular formula is C19H24N2O4S. The van der Waals surface area contributed by atoms with E-state index in [0.717, 1.165) is 5.56 Å². The number of ether oxygens (including phenoxy) is 1. The zero-order valence-electron chi connectivity index (χ0n) is 15.3. The van der Waals surface area contributed by atoms with Gasteiger partial charge in [0.15, 0.2) is 0 Å². The van der Waals surface area contributed by atoms with E-state index in [0.29, 0.717) is 11.4 Å². The highest BCUT2D eigenvalue weighted by molar-refractivity contribution is 7.89. The molecule has 1 atom stereocenters. The summed E-state index contributed by atoms with van der Waals surface area (Å²) < 4.78 is 32.8. The van der Waals surface area contributed by atoms with E-state index in [2.05, 4.69) is 10.0 Å². The second-order valence-corrected chi connectivity index (χ2v) is 8.09. The molecule has 0 aliphatic rings. The highest BCUT2D eigenvalue weighted by Crippen LogP contribution is 2.17. The van der Waals surface area contributed by atoms with E-state index < -0.39 is 22.0 Å². The number of carbonyl (C=O) groups is 1. The minimum atomic E-state index is -3.80. The van der Waals surface area contributed by atoms with Gasteiger partial charge in [-0.25, -0.2) is 8.42 Å². The number of amides is 1. The number of methoxy groups -OCH3 is 1. The zero-order chi connectivity index (χ0) is 19.3. The average molecular weight is 376 g/mol. The third-order valence-corrected chi connectivity index (χ3v) is 5.38. The molecule has 2 aromatic carbocycles. The van der Waals surface area contributed by atoms with Gasteiger partial charge in [-0.05, 0) is 49.2 Å². The summed E-state index contributed by atoms with van der Waals surface area (Å²) in [5, 5.41) is 2.74. The van der Waals surface area contributed by atoms with Crippen molar-refractivity contribution in [3.63, 3.8) is 0 Å². The Bertz CT molecular complexity index is 844. The fourth-order valence-electron chi connectivity index (χ4n) is 2.34. The van der Waals surface area contributed by atoms with Gasteiger partial charge in [0.1, 0.15) is 11.8 Å². The van der Waals surface area contributed by atoms with Gasteiger partial charge < -0.3 is 10.1 Å². The van der Waals surface area contributed by atoms with Crippen LogP contribution in [0, 0.1) is 12.8 Å². The zero-order valence-corrected chi connectivity index (χ0v) is 16.1. The van der Waals surface area contributed by atoms with Crippen LogP contribution < -0.4 is 14.8 Å². The van der Waals surface area contributed by atoms with Crippen LogP contribution in [-0.4, -0.2) is 27.5 Å². The lowest BCUT2D eigenvalue weighted by molar-refractivity contribution is -0.118. The summed E-state index contributed by atoms with van der Waals surface area (Å²) in [5.74, 6) is 0.0257. The first kappa shape index (κ1) is 19.9. The quantitative estimate of drug-likeness (QED) is 0.778. The third kappa shape index (κ3) is 5.06. The Morgan fingerprint density at radius 1 is 1.00 bits per heavy atom. The Kier molecular flexibility index (Phi) is 6.39. The minimum Gasteiger partial charge on any atom is -0.497 e. The number of hydrogen-bond acceptors (Lipinski definition) is 4. The Morgan fingerprint density at radius 3 is 2.08 bits per heavy atom. The van der Waals surface area contributed by atoms with Crippen molar-refractivity contribution in [2.75, 3.05) is 12.4 Å². The highest BCUT2D eigenvalue weighted by Gasteiger charge is 2.28. The summed E-state index contributed by atoms with van der Waals surface area (Å²) in [6.07, 6.45) is 0. The third-order valence-electron chi connectivity index (χ3n) is 3.92. The number of nitrogens with one attached hydrogen (secondary N) is 2. The smallest absolute Gasteiger partial charge is 0.242 e. The molecule has 0 aliphatic heterocycles. The number of rotatable bonds is 7. The highest BCUT2D eigenvalue weighted by atomic mass is 32.2. The monoisotopic (exact) mass is 376 g/mol. The van der Waals surface area contributed by atoms with E-state index in [4.69, 9.17) is 4.74 Å². The summed E-state index contributed by atoms with van der Waals surface area (Å²) in [7, 11) is -2.24. The number of carbonyl (C=O) groups excluding carboxylic acids is 1. The first-order valence-electron chi connectivity index (χ1n) is 8.27. The molecule has 0 aliphatic carbocycles. The predicted octanol–water partition coefficient (Wildman–Crippen LogP) is 2.95. The van der Waals surface area contributed by atoms with E-state index in [-0.39, 0.29) is 10.8 Å². The van der Waals surface area contributed by atoms with Crippen molar-refractivity contribution in [2.24, 2.45) is 5.92 Å². The van der Waals surface area contributed by atoms with E-state index in [1.54, 1.807) is 57.4 Å². The molecule has 2 N–H and O–H groups in total. The Morgan fingerprint density at radius 2 is 1.58 bits per heavy atom. The van der Waals surface area contributed by atoms with Crippen LogP contribution in [0.1, 0.15) is 19.4 Å². The largest absolute Gasteiger partial charge is 0.497 e. The fraction of sp³-hybridized carbons (Fsp3) is 0.316. The van der Waals surface area contributed by atoms with Crippen molar-refractivity contribution in [1.82, 2.24) is 4.72 Å². The summed E-state index contributed by atoms with van der Waals surface area (Å²) in [4.78, 5) is 12.7. The standard InChI is InChI=1S/C19H24N2O4S/c1-13(2)18(19(22)20-15-7-9-16(25-4)10-8-15)21-26(23,24)17-11-5-14(3)6-12-17/h5-13,18,21H,1-4H3,(H,20,22)/t18-/m1/s1. The van der Waals surface area contributed by atoms with Crippen molar-refractivity contribution in [3.05, 3.63) is 54.1 Å². The lowest BCUT2D eigenvalue weighted by Crippen LogP contribution is -2.47. The second kappa shape index (κ2) is 8.33. The molecule has 0 saturated carbocycles. The molecule has 0 saturated heterocycles. The maximum Gasteiger partial charge on any atom is 0.242 e. The number of aryl methyl sites for hydroxylation is 1. The van der Waals surface area contributed by atoms with Crippen molar-refractivity contribution in [3.8, 4) is 5.75 Å².